The molecule has 0 spiro atoms. The molecule has 0 aliphatic carbocycles. The molecule has 1 amide bonds. The van der Waals surface area contributed by atoms with Crippen molar-refractivity contribution in [3.05, 3.63) is 59.5 Å². The van der Waals surface area contributed by atoms with Crippen molar-refractivity contribution in [1.29, 1.82) is 0 Å². The Kier molecular flexibility index (Phi) is 5.57. The molecule has 2 rings (SSSR count). The van der Waals surface area contributed by atoms with Crippen LogP contribution in [0.1, 0.15) is 35.5 Å². The van der Waals surface area contributed by atoms with Crippen LogP contribution in [0.2, 0.25) is 0 Å². The topological polar surface area (TPSA) is 68.5 Å². The number of aryl methyl sites for hydroxylation is 1. The van der Waals surface area contributed by atoms with Gasteiger partial charge in [-0.1, -0.05) is 43.7 Å². The summed E-state index contributed by atoms with van der Waals surface area (Å²) in [5.41, 5.74) is 2.15. The first kappa shape index (κ1) is 16.8. The van der Waals surface area contributed by atoms with Crippen LogP contribution in [0.4, 0.5) is 0 Å². The molecule has 23 heavy (non-hydrogen) atoms. The Morgan fingerprint density at radius 3 is 2.43 bits per heavy atom. The number of rotatable bonds is 6. The highest BCUT2D eigenvalue weighted by molar-refractivity contribution is 5.90. The Hall–Kier alpha value is -2.56. The maximum atomic E-state index is 12.3. The number of carbonyl (C=O) groups excluding carboxylic acids is 2. The molecule has 122 valence electrons. The van der Waals surface area contributed by atoms with Gasteiger partial charge in [0.2, 0.25) is 5.76 Å². The van der Waals surface area contributed by atoms with Gasteiger partial charge in [-0.3, -0.25) is 4.79 Å². The van der Waals surface area contributed by atoms with Gasteiger partial charge in [-0.05, 0) is 30.5 Å². The van der Waals surface area contributed by atoms with Gasteiger partial charge in [-0.15, -0.1) is 0 Å². The first-order valence-corrected chi connectivity index (χ1v) is 7.55. The summed E-state index contributed by atoms with van der Waals surface area (Å²) in [4.78, 5) is 24.3. The third-order valence-corrected chi connectivity index (χ3v) is 3.41. The molecule has 0 unspecified atom stereocenters. The Labute approximate surface area is 135 Å². The van der Waals surface area contributed by atoms with E-state index in [2.05, 4.69) is 5.32 Å². The third kappa shape index (κ3) is 4.71. The Balaban J connectivity index is 1.95. The van der Waals surface area contributed by atoms with Crippen molar-refractivity contribution in [2.24, 2.45) is 5.92 Å². The van der Waals surface area contributed by atoms with Crippen molar-refractivity contribution in [2.45, 2.75) is 33.4 Å². The molecule has 1 atom stereocenters. The van der Waals surface area contributed by atoms with Crippen LogP contribution in [0.25, 0.3) is 0 Å². The molecule has 0 aliphatic rings. The molecule has 1 aromatic heterocycles. The second-order valence-corrected chi connectivity index (χ2v) is 5.75. The first-order valence-electron chi connectivity index (χ1n) is 7.55. The average molecular weight is 315 g/mol. The minimum Gasteiger partial charge on any atom is -0.457 e. The molecular formula is C18H21NO4. The molecule has 0 saturated carbocycles. The predicted molar refractivity (Wildman–Crippen MR) is 85.8 cm³/mol. The summed E-state index contributed by atoms with van der Waals surface area (Å²) >= 11 is 0. The van der Waals surface area contributed by atoms with Crippen LogP contribution >= 0.6 is 0 Å². The molecule has 5 nitrogen and oxygen atoms in total. The summed E-state index contributed by atoms with van der Waals surface area (Å²) in [5, 5.41) is 2.80. The van der Waals surface area contributed by atoms with Gasteiger partial charge in [0, 0.05) is 6.54 Å². The highest BCUT2D eigenvalue weighted by Crippen LogP contribution is 2.12. The Morgan fingerprint density at radius 2 is 1.87 bits per heavy atom. The van der Waals surface area contributed by atoms with Crippen LogP contribution < -0.4 is 5.32 Å². The van der Waals surface area contributed by atoms with Crippen molar-refractivity contribution in [1.82, 2.24) is 5.32 Å². The molecule has 0 bridgehead atoms. The quantitative estimate of drug-likeness (QED) is 0.832. The Morgan fingerprint density at radius 1 is 1.17 bits per heavy atom. The summed E-state index contributed by atoms with van der Waals surface area (Å²) in [5.74, 6) is -1.02. The molecule has 0 aliphatic heterocycles. The maximum absolute atomic E-state index is 12.3. The van der Waals surface area contributed by atoms with E-state index in [0.29, 0.717) is 6.54 Å². The van der Waals surface area contributed by atoms with Gasteiger partial charge >= 0.3 is 5.97 Å². The summed E-state index contributed by atoms with van der Waals surface area (Å²) in [7, 11) is 0. The summed E-state index contributed by atoms with van der Waals surface area (Å²) < 4.78 is 10.3. The van der Waals surface area contributed by atoms with Crippen LogP contribution in [0.15, 0.2) is 47.1 Å². The van der Waals surface area contributed by atoms with E-state index in [1.165, 1.54) is 12.3 Å². The number of hydrogen-bond acceptors (Lipinski definition) is 4. The van der Waals surface area contributed by atoms with E-state index >= 15 is 0 Å². The highest BCUT2D eigenvalue weighted by atomic mass is 16.6. The third-order valence-electron chi connectivity index (χ3n) is 3.41. The fourth-order valence-electron chi connectivity index (χ4n) is 2.06. The van der Waals surface area contributed by atoms with Crippen molar-refractivity contribution in [3.8, 4) is 0 Å². The lowest BCUT2D eigenvalue weighted by Crippen LogP contribution is -2.40. The van der Waals surface area contributed by atoms with E-state index in [-0.39, 0.29) is 17.6 Å². The number of esters is 1. The van der Waals surface area contributed by atoms with Gasteiger partial charge in [0.25, 0.3) is 5.91 Å². The molecular weight excluding hydrogens is 294 g/mol. The molecule has 1 heterocycles. The van der Waals surface area contributed by atoms with Crippen LogP contribution in [-0.2, 0) is 16.1 Å². The lowest BCUT2D eigenvalue weighted by molar-refractivity contribution is -0.132. The Bertz CT molecular complexity index is 644. The van der Waals surface area contributed by atoms with E-state index in [4.69, 9.17) is 9.15 Å². The molecule has 1 N–H and O–H groups in total. The molecule has 2 aromatic rings. The zero-order valence-electron chi connectivity index (χ0n) is 13.5. The molecule has 0 fully saturated rings. The van der Waals surface area contributed by atoms with E-state index in [9.17, 15) is 9.59 Å². The van der Waals surface area contributed by atoms with Crippen LogP contribution in [0.5, 0.6) is 0 Å². The smallest absolute Gasteiger partial charge is 0.375 e. The monoisotopic (exact) mass is 315 g/mol. The lowest BCUT2D eigenvalue weighted by Gasteiger charge is -2.20. The predicted octanol–water partition coefficient (Wildman–Crippen LogP) is 3.09. The van der Waals surface area contributed by atoms with Crippen LogP contribution in [0.3, 0.4) is 0 Å². The minimum atomic E-state index is -0.863. The van der Waals surface area contributed by atoms with Gasteiger partial charge in [0.05, 0.1) is 6.26 Å². The maximum Gasteiger partial charge on any atom is 0.375 e. The SMILES string of the molecule is Cc1ccc(CNC(=O)[C@H](OC(=O)c2ccco2)C(C)C)cc1. The van der Waals surface area contributed by atoms with E-state index in [0.717, 1.165) is 11.1 Å². The first-order chi connectivity index (χ1) is 11.0. The average Bonchev–Trinajstić information content (AvgIpc) is 3.05. The summed E-state index contributed by atoms with van der Waals surface area (Å²) in [6.07, 6.45) is 0.524. The number of hydrogen-bond donors (Lipinski definition) is 1. The number of amides is 1. The van der Waals surface area contributed by atoms with Gasteiger partial charge < -0.3 is 14.5 Å². The normalized spacial score (nSPS) is 12.0. The summed E-state index contributed by atoms with van der Waals surface area (Å²) in [6.45, 7) is 6.04. The second kappa shape index (κ2) is 7.63. The van der Waals surface area contributed by atoms with Gasteiger partial charge in [-0.25, -0.2) is 4.79 Å². The summed E-state index contributed by atoms with van der Waals surface area (Å²) in [6, 6.07) is 11.0. The zero-order valence-corrected chi connectivity index (χ0v) is 13.5. The number of carbonyl (C=O) groups is 2. The van der Waals surface area contributed by atoms with Crippen molar-refractivity contribution in [3.63, 3.8) is 0 Å². The van der Waals surface area contributed by atoms with E-state index < -0.39 is 12.1 Å². The molecule has 5 heteroatoms. The lowest BCUT2D eigenvalue weighted by atomic mass is 10.1. The highest BCUT2D eigenvalue weighted by Gasteiger charge is 2.27. The van der Waals surface area contributed by atoms with Crippen molar-refractivity contribution in [2.75, 3.05) is 0 Å². The number of benzene rings is 1. The van der Waals surface area contributed by atoms with E-state index in [1.54, 1.807) is 6.07 Å². The number of furan rings is 1. The van der Waals surface area contributed by atoms with Crippen LogP contribution in [0, 0.1) is 12.8 Å². The zero-order chi connectivity index (χ0) is 16.8. The molecule has 1 aromatic carbocycles. The number of nitrogens with one attached hydrogen (secondary N) is 1. The van der Waals surface area contributed by atoms with Crippen molar-refractivity contribution < 1.29 is 18.7 Å². The van der Waals surface area contributed by atoms with Gasteiger partial charge in [0.1, 0.15) is 0 Å². The minimum absolute atomic E-state index is 0.0852. The van der Waals surface area contributed by atoms with Gasteiger partial charge in [0.15, 0.2) is 6.10 Å². The van der Waals surface area contributed by atoms with Crippen LogP contribution in [-0.4, -0.2) is 18.0 Å². The standard InChI is InChI=1S/C18H21NO4/c1-12(2)16(23-18(21)15-5-4-10-22-15)17(20)19-11-14-8-6-13(3)7-9-14/h4-10,12,16H,11H2,1-3H3,(H,19,20)/t16-/m1/s1. The largest absolute Gasteiger partial charge is 0.457 e. The number of ether oxygens (including phenoxy) is 1. The fourth-order valence-corrected chi connectivity index (χ4v) is 2.06. The second-order valence-electron chi connectivity index (χ2n) is 5.75. The molecule has 0 radical (unpaired) electrons. The molecule has 0 saturated heterocycles. The van der Waals surface area contributed by atoms with Gasteiger partial charge in [-0.2, -0.15) is 0 Å². The van der Waals surface area contributed by atoms with Crippen molar-refractivity contribution >= 4 is 11.9 Å². The van der Waals surface area contributed by atoms with E-state index in [1.807, 2.05) is 45.0 Å². The fraction of sp³-hybridized carbons (Fsp3) is 0.333.